The first-order chi connectivity index (χ1) is 4.66. The average Bonchev–Trinajstić information content (AvgIpc) is 2.17. The van der Waals surface area contributed by atoms with Crippen molar-refractivity contribution in [3.05, 3.63) is 0 Å². The molecule has 70 valence electrons. The van der Waals surface area contributed by atoms with Crippen molar-refractivity contribution in [3.8, 4) is 0 Å². The molecular weight excluding hydrogens is 199 g/mol. The first-order valence-corrected chi connectivity index (χ1v) is 2.97. The maximum atomic E-state index is 8.93. The molecule has 0 aliphatic carbocycles. The first kappa shape index (κ1) is 11.3. The summed E-state index contributed by atoms with van der Waals surface area (Å²) in [4.78, 5) is 0. The summed E-state index contributed by atoms with van der Waals surface area (Å²) < 4.78 is 4.54. The van der Waals surface area contributed by atoms with Crippen molar-refractivity contribution in [2.75, 3.05) is 6.61 Å². The normalized spacial score (nSPS) is 43.6. The molecule has 6 heteroatoms. The van der Waals surface area contributed by atoms with Crippen LogP contribution < -0.4 is 0 Å². The van der Waals surface area contributed by atoms with Crippen LogP contribution in [-0.4, -0.2) is 51.6 Å². The van der Waals surface area contributed by atoms with Crippen LogP contribution >= 0.6 is 0 Å². The Labute approximate surface area is 73.5 Å². The van der Waals surface area contributed by atoms with Crippen molar-refractivity contribution in [2.24, 2.45) is 0 Å². The Morgan fingerprint density at radius 3 is 1.82 bits per heavy atom. The molecule has 1 aliphatic rings. The summed E-state index contributed by atoms with van der Waals surface area (Å²) in [6.45, 7) is -0.407. The summed E-state index contributed by atoms with van der Waals surface area (Å²) in [5.41, 5.74) is 0. The van der Waals surface area contributed by atoms with Gasteiger partial charge in [0.1, 0.15) is 18.3 Å². The molecule has 1 aliphatic heterocycles. The molecule has 1 heterocycles. The largest absolute Gasteiger partial charge is 0.394 e. The number of hydrogen-bond acceptors (Lipinski definition) is 5. The van der Waals surface area contributed by atoms with E-state index in [1.807, 2.05) is 0 Å². The number of rotatable bonds is 1. The van der Waals surface area contributed by atoms with Crippen LogP contribution in [0.1, 0.15) is 0 Å². The molecule has 0 bridgehead atoms. The van der Waals surface area contributed by atoms with Crippen LogP contribution in [0.4, 0.5) is 0 Å². The molecule has 4 N–H and O–H groups in total. The molecule has 11 heavy (non-hydrogen) atoms. The van der Waals surface area contributed by atoms with Crippen LogP contribution in [-0.2, 0) is 21.2 Å². The minimum Gasteiger partial charge on any atom is -0.394 e. The van der Waals surface area contributed by atoms with Gasteiger partial charge in [-0.3, -0.25) is 0 Å². The maximum Gasteiger partial charge on any atom is 0.184 e. The van der Waals surface area contributed by atoms with Gasteiger partial charge in [-0.2, -0.15) is 0 Å². The molecule has 0 aromatic heterocycles. The van der Waals surface area contributed by atoms with Crippen LogP contribution in [0.5, 0.6) is 0 Å². The second kappa shape index (κ2) is 4.35. The molecule has 5 nitrogen and oxygen atoms in total. The Balaban J connectivity index is 0.000001000. The van der Waals surface area contributed by atoms with Gasteiger partial charge in [0.15, 0.2) is 6.29 Å². The summed E-state index contributed by atoms with van der Waals surface area (Å²) >= 11 is 0. The van der Waals surface area contributed by atoms with Gasteiger partial charge in [0.05, 0.1) is 6.61 Å². The molecule has 0 amide bonds. The fourth-order valence-corrected chi connectivity index (χ4v) is 0.880. The monoisotopic (exact) mass is 208 g/mol. The van der Waals surface area contributed by atoms with Crippen LogP contribution in [0.15, 0.2) is 0 Å². The third-order valence-electron chi connectivity index (χ3n) is 1.52. The molecular formula is C5H10NiO5. The molecule has 0 aromatic rings. The molecule has 1 saturated heterocycles. The van der Waals surface area contributed by atoms with Crippen molar-refractivity contribution in [1.82, 2.24) is 0 Å². The molecule has 0 aromatic carbocycles. The van der Waals surface area contributed by atoms with E-state index in [0.717, 1.165) is 0 Å². The average molecular weight is 209 g/mol. The van der Waals surface area contributed by atoms with Gasteiger partial charge in [-0.15, -0.1) is 0 Å². The van der Waals surface area contributed by atoms with E-state index >= 15 is 0 Å². The fourth-order valence-electron chi connectivity index (χ4n) is 0.880. The Morgan fingerprint density at radius 2 is 1.64 bits per heavy atom. The Morgan fingerprint density at radius 1 is 1.09 bits per heavy atom. The smallest absolute Gasteiger partial charge is 0.184 e. The van der Waals surface area contributed by atoms with Gasteiger partial charge in [-0.1, -0.05) is 0 Å². The molecule has 1 fully saturated rings. The van der Waals surface area contributed by atoms with Gasteiger partial charge in [-0.05, 0) is 0 Å². The zero-order valence-corrected chi connectivity index (χ0v) is 6.52. The third kappa shape index (κ3) is 2.12. The summed E-state index contributed by atoms with van der Waals surface area (Å²) in [7, 11) is 0. The molecule has 0 radical (unpaired) electrons. The standard InChI is InChI=1S/C5H10O5.Ni/c6-1-2-3(7)4(8)5(9)10-2;/h2-9H,1H2;/t2-,3-,4-,5?;/m1./s1. The van der Waals surface area contributed by atoms with Crippen LogP contribution in [0.3, 0.4) is 0 Å². The molecule has 0 spiro atoms. The zero-order valence-electron chi connectivity index (χ0n) is 5.53. The minimum atomic E-state index is -1.38. The molecule has 0 saturated carbocycles. The maximum absolute atomic E-state index is 8.93. The number of aliphatic hydroxyl groups is 4. The van der Waals surface area contributed by atoms with Crippen molar-refractivity contribution >= 4 is 0 Å². The molecule has 1 rings (SSSR count). The Hall–Kier alpha value is 0.294. The summed E-state index contributed by atoms with van der Waals surface area (Å²) in [5, 5.41) is 35.0. The number of hydrogen-bond donors (Lipinski definition) is 4. The van der Waals surface area contributed by atoms with Gasteiger partial charge in [0.25, 0.3) is 0 Å². The summed E-state index contributed by atoms with van der Waals surface area (Å²) in [6.07, 6.45) is -4.76. The van der Waals surface area contributed by atoms with E-state index in [0.29, 0.717) is 0 Å². The number of aliphatic hydroxyl groups excluding tert-OH is 4. The zero-order chi connectivity index (χ0) is 7.72. The van der Waals surface area contributed by atoms with E-state index in [2.05, 4.69) is 4.74 Å². The molecule has 4 atom stereocenters. The summed E-state index contributed by atoms with van der Waals surface area (Å²) in [5.74, 6) is 0. The minimum absolute atomic E-state index is 0. The van der Waals surface area contributed by atoms with Crippen molar-refractivity contribution in [3.63, 3.8) is 0 Å². The summed E-state index contributed by atoms with van der Waals surface area (Å²) in [6, 6.07) is 0. The predicted molar refractivity (Wildman–Crippen MR) is 30.0 cm³/mol. The first-order valence-electron chi connectivity index (χ1n) is 2.97. The van der Waals surface area contributed by atoms with E-state index in [-0.39, 0.29) is 16.5 Å². The quantitative estimate of drug-likeness (QED) is 0.356. The molecule has 1 unspecified atom stereocenters. The second-order valence-electron chi connectivity index (χ2n) is 2.23. The topological polar surface area (TPSA) is 90.2 Å². The van der Waals surface area contributed by atoms with Crippen molar-refractivity contribution in [2.45, 2.75) is 24.6 Å². The SMILES string of the molecule is OC[C@H]1OC(O)[C@H](O)[C@@H]1O.[Ni]. The van der Waals surface area contributed by atoms with Gasteiger partial charge < -0.3 is 25.2 Å². The second-order valence-corrected chi connectivity index (χ2v) is 2.23. The fraction of sp³-hybridized carbons (Fsp3) is 1.00. The Bertz CT molecular complexity index is 121. The van der Waals surface area contributed by atoms with E-state index in [1.54, 1.807) is 0 Å². The van der Waals surface area contributed by atoms with Gasteiger partial charge in [0, 0.05) is 16.5 Å². The van der Waals surface area contributed by atoms with E-state index < -0.39 is 31.2 Å². The van der Waals surface area contributed by atoms with Gasteiger partial charge in [0.2, 0.25) is 0 Å². The van der Waals surface area contributed by atoms with Crippen LogP contribution in [0.2, 0.25) is 0 Å². The third-order valence-corrected chi connectivity index (χ3v) is 1.52. The van der Waals surface area contributed by atoms with E-state index in [4.69, 9.17) is 20.4 Å². The van der Waals surface area contributed by atoms with Crippen molar-refractivity contribution in [1.29, 1.82) is 0 Å². The van der Waals surface area contributed by atoms with Crippen LogP contribution in [0.25, 0.3) is 0 Å². The van der Waals surface area contributed by atoms with Gasteiger partial charge in [-0.25, -0.2) is 0 Å². The Kier molecular flexibility index (Phi) is 4.47. The number of ether oxygens (including phenoxy) is 1. The van der Waals surface area contributed by atoms with E-state index in [9.17, 15) is 0 Å². The van der Waals surface area contributed by atoms with Crippen molar-refractivity contribution < 1.29 is 41.7 Å². The van der Waals surface area contributed by atoms with Crippen LogP contribution in [0, 0.1) is 0 Å². The predicted octanol–water partition coefficient (Wildman–Crippen LogP) is -2.58. The van der Waals surface area contributed by atoms with Gasteiger partial charge >= 0.3 is 0 Å². The van der Waals surface area contributed by atoms with E-state index in [1.165, 1.54) is 0 Å².